The van der Waals surface area contributed by atoms with Crippen LogP contribution in [0, 0.1) is 0 Å². The summed E-state index contributed by atoms with van der Waals surface area (Å²) in [7, 11) is 0. The van der Waals surface area contributed by atoms with Crippen LogP contribution in [0.15, 0.2) is 24.3 Å². The van der Waals surface area contributed by atoms with E-state index in [0.29, 0.717) is 21.8 Å². The Labute approximate surface area is 131 Å². The van der Waals surface area contributed by atoms with E-state index in [9.17, 15) is 4.79 Å². The number of rotatable bonds is 3. The van der Waals surface area contributed by atoms with Crippen molar-refractivity contribution in [3.8, 4) is 10.6 Å². The molecule has 5 nitrogen and oxygen atoms in total. The molecule has 0 saturated carbocycles. The van der Waals surface area contributed by atoms with Gasteiger partial charge in [-0.2, -0.15) is 0 Å². The van der Waals surface area contributed by atoms with Gasteiger partial charge in [-0.3, -0.25) is 10.1 Å². The maximum Gasteiger partial charge on any atom is 0.255 e. The van der Waals surface area contributed by atoms with Crippen molar-refractivity contribution in [3.63, 3.8) is 0 Å². The summed E-state index contributed by atoms with van der Waals surface area (Å²) in [5, 5.41) is 12.6. The van der Waals surface area contributed by atoms with Gasteiger partial charge in [0.1, 0.15) is 6.10 Å². The lowest BCUT2D eigenvalue weighted by molar-refractivity contribution is -0.129. The predicted octanol–water partition coefficient (Wildman–Crippen LogP) is 3.37. The van der Waals surface area contributed by atoms with Crippen molar-refractivity contribution in [2.45, 2.75) is 25.4 Å². The Morgan fingerprint density at radius 1 is 1.33 bits per heavy atom. The largest absolute Gasteiger partial charge is 0.368 e. The normalized spacial score (nSPS) is 18.4. The first kappa shape index (κ1) is 14.4. The molecule has 2 aromatic rings. The van der Waals surface area contributed by atoms with E-state index in [1.54, 1.807) is 6.07 Å². The molecular weight excluding hydrogens is 310 g/mol. The second-order valence-corrected chi connectivity index (χ2v) is 6.12. The van der Waals surface area contributed by atoms with E-state index in [-0.39, 0.29) is 12.0 Å². The first-order valence-corrected chi connectivity index (χ1v) is 7.94. The van der Waals surface area contributed by atoms with E-state index in [1.165, 1.54) is 11.3 Å². The molecule has 2 heterocycles. The maximum absolute atomic E-state index is 12.1. The Hall–Kier alpha value is -1.50. The lowest BCUT2D eigenvalue weighted by atomic mass is 10.1. The molecule has 7 heteroatoms. The number of halogens is 1. The molecule has 1 unspecified atom stereocenters. The van der Waals surface area contributed by atoms with Crippen LogP contribution in [0.5, 0.6) is 0 Å². The van der Waals surface area contributed by atoms with Crippen molar-refractivity contribution in [1.29, 1.82) is 0 Å². The summed E-state index contributed by atoms with van der Waals surface area (Å²) < 4.78 is 5.45. The monoisotopic (exact) mass is 323 g/mol. The van der Waals surface area contributed by atoms with Gasteiger partial charge in [-0.1, -0.05) is 41.1 Å². The summed E-state index contributed by atoms with van der Waals surface area (Å²) in [4.78, 5) is 12.1. The standard InChI is InChI=1S/C14H14ClN3O2S/c15-10-6-2-1-5-9(10)13-17-18-14(21-13)16-12(19)11-7-3-4-8-20-11/h1-2,5-6,11H,3-4,7-8H2,(H,16,18,19). The molecule has 1 N–H and O–H groups in total. The fourth-order valence-electron chi connectivity index (χ4n) is 2.15. The van der Waals surface area contributed by atoms with Gasteiger partial charge < -0.3 is 4.74 Å². The second kappa shape index (κ2) is 6.51. The molecule has 21 heavy (non-hydrogen) atoms. The quantitative estimate of drug-likeness (QED) is 0.940. The van der Waals surface area contributed by atoms with Gasteiger partial charge in [-0.05, 0) is 25.3 Å². The first-order chi connectivity index (χ1) is 10.2. The number of anilines is 1. The zero-order valence-corrected chi connectivity index (χ0v) is 12.8. The summed E-state index contributed by atoms with van der Waals surface area (Å²) in [5.74, 6) is -0.156. The van der Waals surface area contributed by atoms with Crippen LogP contribution in [0.3, 0.4) is 0 Å². The average Bonchev–Trinajstić information content (AvgIpc) is 2.97. The van der Waals surface area contributed by atoms with E-state index in [4.69, 9.17) is 16.3 Å². The van der Waals surface area contributed by atoms with Crippen LogP contribution < -0.4 is 5.32 Å². The number of ether oxygens (including phenoxy) is 1. The third kappa shape index (κ3) is 3.40. The van der Waals surface area contributed by atoms with E-state index in [0.717, 1.165) is 24.8 Å². The molecule has 1 fully saturated rings. The Bertz CT molecular complexity index is 641. The minimum absolute atomic E-state index is 0.156. The summed E-state index contributed by atoms with van der Waals surface area (Å²) in [5.41, 5.74) is 0.811. The molecule has 0 radical (unpaired) electrons. The highest BCUT2D eigenvalue weighted by Gasteiger charge is 2.23. The summed E-state index contributed by atoms with van der Waals surface area (Å²) in [6.07, 6.45) is 2.40. The lowest BCUT2D eigenvalue weighted by Crippen LogP contribution is -2.33. The predicted molar refractivity (Wildman–Crippen MR) is 82.6 cm³/mol. The van der Waals surface area contributed by atoms with Crippen LogP contribution in [0.1, 0.15) is 19.3 Å². The zero-order valence-electron chi connectivity index (χ0n) is 11.2. The maximum atomic E-state index is 12.1. The molecule has 1 aromatic carbocycles. The van der Waals surface area contributed by atoms with E-state index in [2.05, 4.69) is 15.5 Å². The number of amides is 1. The SMILES string of the molecule is O=C(Nc1nnc(-c2ccccc2Cl)s1)C1CCCCO1. The van der Waals surface area contributed by atoms with Gasteiger partial charge in [-0.15, -0.1) is 10.2 Å². The lowest BCUT2D eigenvalue weighted by Gasteiger charge is -2.20. The fraction of sp³-hybridized carbons (Fsp3) is 0.357. The van der Waals surface area contributed by atoms with Crippen molar-refractivity contribution in [2.24, 2.45) is 0 Å². The number of hydrogen-bond acceptors (Lipinski definition) is 5. The number of aromatic nitrogens is 2. The van der Waals surface area contributed by atoms with Crippen molar-refractivity contribution in [3.05, 3.63) is 29.3 Å². The minimum Gasteiger partial charge on any atom is -0.368 e. The molecule has 1 aromatic heterocycles. The molecule has 1 amide bonds. The summed E-state index contributed by atoms with van der Waals surface area (Å²) in [6.45, 7) is 0.638. The molecule has 1 saturated heterocycles. The van der Waals surface area contributed by atoms with E-state index >= 15 is 0 Å². The third-order valence-electron chi connectivity index (χ3n) is 3.23. The highest BCUT2D eigenvalue weighted by molar-refractivity contribution is 7.18. The molecule has 0 aliphatic carbocycles. The fourth-order valence-corrected chi connectivity index (χ4v) is 3.22. The van der Waals surface area contributed by atoms with Gasteiger partial charge in [-0.25, -0.2) is 0 Å². The van der Waals surface area contributed by atoms with Crippen molar-refractivity contribution < 1.29 is 9.53 Å². The molecular formula is C14H14ClN3O2S. The molecule has 0 bridgehead atoms. The van der Waals surface area contributed by atoms with Crippen LogP contribution >= 0.6 is 22.9 Å². The molecule has 1 aliphatic heterocycles. The van der Waals surface area contributed by atoms with Crippen molar-refractivity contribution in [1.82, 2.24) is 10.2 Å². The average molecular weight is 324 g/mol. The van der Waals surface area contributed by atoms with Gasteiger partial charge in [0, 0.05) is 12.2 Å². The molecule has 1 aliphatic rings. The highest BCUT2D eigenvalue weighted by Crippen LogP contribution is 2.31. The summed E-state index contributed by atoms with van der Waals surface area (Å²) >= 11 is 7.43. The number of nitrogens with one attached hydrogen (secondary N) is 1. The Morgan fingerprint density at radius 3 is 2.95 bits per heavy atom. The number of benzene rings is 1. The van der Waals surface area contributed by atoms with Crippen LogP contribution in [0.4, 0.5) is 5.13 Å². The first-order valence-electron chi connectivity index (χ1n) is 6.75. The van der Waals surface area contributed by atoms with E-state index in [1.807, 2.05) is 18.2 Å². The number of carbonyl (C=O) groups is 1. The topological polar surface area (TPSA) is 64.1 Å². The molecule has 0 spiro atoms. The van der Waals surface area contributed by atoms with Crippen LogP contribution in [-0.2, 0) is 9.53 Å². The molecule has 110 valence electrons. The smallest absolute Gasteiger partial charge is 0.255 e. The zero-order chi connectivity index (χ0) is 14.7. The Morgan fingerprint density at radius 2 is 2.19 bits per heavy atom. The third-order valence-corrected chi connectivity index (χ3v) is 4.43. The Kier molecular flexibility index (Phi) is 4.48. The van der Waals surface area contributed by atoms with Crippen LogP contribution in [-0.4, -0.2) is 28.8 Å². The van der Waals surface area contributed by atoms with Gasteiger partial charge >= 0.3 is 0 Å². The molecule has 3 rings (SSSR count). The number of hydrogen-bond donors (Lipinski definition) is 1. The minimum atomic E-state index is -0.383. The van der Waals surface area contributed by atoms with Crippen molar-refractivity contribution >= 4 is 34.0 Å². The van der Waals surface area contributed by atoms with Crippen molar-refractivity contribution in [2.75, 3.05) is 11.9 Å². The van der Waals surface area contributed by atoms with Crippen LogP contribution in [0.25, 0.3) is 10.6 Å². The number of nitrogens with zero attached hydrogens (tertiary/aromatic N) is 2. The number of carbonyl (C=O) groups excluding carboxylic acids is 1. The van der Waals surface area contributed by atoms with Gasteiger partial charge in [0.25, 0.3) is 5.91 Å². The van der Waals surface area contributed by atoms with Gasteiger partial charge in [0.2, 0.25) is 5.13 Å². The summed E-state index contributed by atoms with van der Waals surface area (Å²) in [6, 6.07) is 7.41. The van der Waals surface area contributed by atoms with Crippen LogP contribution in [0.2, 0.25) is 5.02 Å². The highest BCUT2D eigenvalue weighted by atomic mass is 35.5. The molecule has 1 atom stereocenters. The van der Waals surface area contributed by atoms with Gasteiger partial charge in [0.05, 0.1) is 5.02 Å². The second-order valence-electron chi connectivity index (χ2n) is 4.74. The Balaban J connectivity index is 1.70. The van der Waals surface area contributed by atoms with Gasteiger partial charge in [0.15, 0.2) is 5.01 Å². The van der Waals surface area contributed by atoms with E-state index < -0.39 is 0 Å².